The van der Waals surface area contributed by atoms with Crippen molar-refractivity contribution in [2.75, 3.05) is 0 Å². The van der Waals surface area contributed by atoms with Gasteiger partial charge in [-0.2, -0.15) is 0 Å². The Balaban J connectivity index is 2.09. The molecule has 19 heavy (non-hydrogen) atoms. The van der Waals surface area contributed by atoms with Gasteiger partial charge in [0.1, 0.15) is 0 Å². The Labute approximate surface area is 117 Å². The van der Waals surface area contributed by atoms with Gasteiger partial charge in [0.05, 0.1) is 5.92 Å². The number of aryl methyl sites for hydroxylation is 1. The third kappa shape index (κ3) is 3.83. The van der Waals surface area contributed by atoms with Crippen LogP contribution in [0.4, 0.5) is 0 Å². The Morgan fingerprint density at radius 1 is 1.05 bits per heavy atom. The predicted octanol–water partition coefficient (Wildman–Crippen LogP) is 4.14. The van der Waals surface area contributed by atoms with E-state index in [9.17, 15) is 9.90 Å². The lowest BCUT2D eigenvalue weighted by atomic mass is 9.92. The molecule has 0 aromatic heterocycles. The lowest BCUT2D eigenvalue weighted by Gasteiger charge is -2.12. The summed E-state index contributed by atoms with van der Waals surface area (Å²) in [6.45, 7) is 0. The summed E-state index contributed by atoms with van der Waals surface area (Å²) in [4.78, 5) is 11.4. The second-order valence-corrected chi connectivity index (χ2v) is 4.90. The molecule has 2 nitrogen and oxygen atoms in total. The number of carboxylic acid groups (broad SMARTS) is 1. The maximum atomic E-state index is 11.4. The first kappa shape index (κ1) is 13.6. The summed E-state index contributed by atoms with van der Waals surface area (Å²) < 4.78 is 0. The summed E-state index contributed by atoms with van der Waals surface area (Å²) >= 11 is 5.82. The van der Waals surface area contributed by atoms with Crippen LogP contribution in [-0.2, 0) is 11.2 Å². The minimum absolute atomic E-state index is 0.488. The number of hydrogen-bond acceptors (Lipinski definition) is 1. The number of hydrogen-bond donors (Lipinski definition) is 1. The molecule has 2 aromatic rings. The highest BCUT2D eigenvalue weighted by atomic mass is 35.5. The van der Waals surface area contributed by atoms with Crippen LogP contribution in [0.15, 0.2) is 54.6 Å². The van der Waals surface area contributed by atoms with Gasteiger partial charge in [0, 0.05) is 5.02 Å². The van der Waals surface area contributed by atoms with Crippen molar-refractivity contribution < 1.29 is 9.90 Å². The van der Waals surface area contributed by atoms with Gasteiger partial charge in [-0.05, 0) is 36.1 Å². The fourth-order valence-corrected chi connectivity index (χ4v) is 2.21. The van der Waals surface area contributed by atoms with E-state index in [2.05, 4.69) is 0 Å². The summed E-state index contributed by atoms with van der Waals surface area (Å²) in [5.41, 5.74) is 1.95. The summed E-state index contributed by atoms with van der Waals surface area (Å²) in [5, 5.41) is 9.96. The quantitative estimate of drug-likeness (QED) is 0.890. The van der Waals surface area contributed by atoms with E-state index in [0.29, 0.717) is 11.4 Å². The molecule has 98 valence electrons. The Morgan fingerprint density at radius 2 is 1.68 bits per heavy atom. The minimum atomic E-state index is -0.793. The number of benzene rings is 2. The van der Waals surface area contributed by atoms with Crippen LogP contribution in [0.2, 0.25) is 5.02 Å². The lowest BCUT2D eigenvalue weighted by molar-refractivity contribution is -0.138. The Bertz CT molecular complexity index is 534. The number of carboxylic acids is 1. The van der Waals surface area contributed by atoms with Gasteiger partial charge in [-0.25, -0.2) is 0 Å². The zero-order valence-corrected chi connectivity index (χ0v) is 11.2. The SMILES string of the molecule is O=C(O)[C@H](CCc1ccccc1)c1ccc(Cl)cc1. The maximum absolute atomic E-state index is 11.4. The highest BCUT2D eigenvalue weighted by Gasteiger charge is 2.19. The molecule has 2 rings (SSSR count). The largest absolute Gasteiger partial charge is 0.481 e. The first-order valence-electron chi connectivity index (χ1n) is 6.19. The number of halogens is 1. The van der Waals surface area contributed by atoms with Crippen LogP contribution in [0.25, 0.3) is 0 Å². The second-order valence-electron chi connectivity index (χ2n) is 4.47. The van der Waals surface area contributed by atoms with E-state index in [1.165, 1.54) is 0 Å². The first-order chi connectivity index (χ1) is 9.16. The molecular weight excluding hydrogens is 260 g/mol. The normalized spacial score (nSPS) is 12.1. The average molecular weight is 275 g/mol. The van der Waals surface area contributed by atoms with Gasteiger partial charge >= 0.3 is 5.97 Å². The zero-order chi connectivity index (χ0) is 13.7. The Morgan fingerprint density at radius 3 is 2.26 bits per heavy atom. The van der Waals surface area contributed by atoms with E-state index in [4.69, 9.17) is 11.6 Å². The van der Waals surface area contributed by atoms with Crippen molar-refractivity contribution in [3.8, 4) is 0 Å². The fourth-order valence-electron chi connectivity index (χ4n) is 2.08. The van der Waals surface area contributed by atoms with Crippen LogP contribution in [0.1, 0.15) is 23.5 Å². The molecule has 0 aliphatic carbocycles. The van der Waals surface area contributed by atoms with Crippen molar-refractivity contribution in [3.05, 3.63) is 70.7 Å². The molecule has 0 aliphatic rings. The van der Waals surface area contributed by atoms with Crippen molar-refractivity contribution in [2.45, 2.75) is 18.8 Å². The van der Waals surface area contributed by atoms with Gasteiger partial charge in [0.2, 0.25) is 0 Å². The van der Waals surface area contributed by atoms with Gasteiger partial charge in [0.25, 0.3) is 0 Å². The molecule has 0 bridgehead atoms. The number of rotatable bonds is 5. The number of aliphatic carboxylic acids is 1. The molecule has 0 unspecified atom stereocenters. The maximum Gasteiger partial charge on any atom is 0.310 e. The van der Waals surface area contributed by atoms with Crippen molar-refractivity contribution >= 4 is 17.6 Å². The average Bonchev–Trinajstić information content (AvgIpc) is 2.42. The van der Waals surface area contributed by atoms with Gasteiger partial charge < -0.3 is 5.11 Å². The van der Waals surface area contributed by atoms with E-state index in [-0.39, 0.29) is 0 Å². The van der Waals surface area contributed by atoms with Crippen LogP contribution in [0.5, 0.6) is 0 Å². The molecule has 0 heterocycles. The number of carbonyl (C=O) groups is 1. The topological polar surface area (TPSA) is 37.3 Å². The van der Waals surface area contributed by atoms with E-state index in [0.717, 1.165) is 17.5 Å². The van der Waals surface area contributed by atoms with Gasteiger partial charge in [0.15, 0.2) is 0 Å². The van der Waals surface area contributed by atoms with Crippen molar-refractivity contribution in [2.24, 2.45) is 0 Å². The summed E-state index contributed by atoms with van der Waals surface area (Å²) in [6, 6.07) is 16.9. The van der Waals surface area contributed by atoms with Crippen LogP contribution < -0.4 is 0 Å². The predicted molar refractivity (Wildman–Crippen MR) is 76.6 cm³/mol. The van der Waals surface area contributed by atoms with Crippen LogP contribution in [-0.4, -0.2) is 11.1 Å². The standard InChI is InChI=1S/C16H15ClO2/c17-14-9-7-13(8-10-14)15(16(18)19)11-6-12-4-2-1-3-5-12/h1-5,7-10,15H,6,11H2,(H,18,19)/t15-/m1/s1. The molecule has 1 N–H and O–H groups in total. The molecule has 0 aliphatic heterocycles. The van der Waals surface area contributed by atoms with Gasteiger partial charge in [-0.3, -0.25) is 4.79 Å². The van der Waals surface area contributed by atoms with Crippen molar-refractivity contribution in [1.82, 2.24) is 0 Å². The monoisotopic (exact) mass is 274 g/mol. The van der Waals surface area contributed by atoms with Crippen LogP contribution >= 0.6 is 11.6 Å². The molecule has 0 fully saturated rings. The van der Waals surface area contributed by atoms with Crippen LogP contribution in [0, 0.1) is 0 Å². The highest BCUT2D eigenvalue weighted by molar-refractivity contribution is 6.30. The minimum Gasteiger partial charge on any atom is -0.481 e. The summed E-state index contributed by atoms with van der Waals surface area (Å²) in [5.74, 6) is -1.28. The summed E-state index contributed by atoms with van der Waals surface area (Å²) in [6.07, 6.45) is 1.33. The molecule has 0 radical (unpaired) electrons. The van der Waals surface area contributed by atoms with E-state index in [1.54, 1.807) is 24.3 Å². The van der Waals surface area contributed by atoms with E-state index in [1.807, 2.05) is 30.3 Å². The molecule has 0 amide bonds. The molecule has 2 aromatic carbocycles. The molecule has 0 spiro atoms. The van der Waals surface area contributed by atoms with Crippen molar-refractivity contribution in [3.63, 3.8) is 0 Å². The van der Waals surface area contributed by atoms with Gasteiger partial charge in [-0.1, -0.05) is 54.1 Å². The fraction of sp³-hybridized carbons (Fsp3) is 0.188. The third-order valence-corrected chi connectivity index (χ3v) is 3.39. The molecule has 3 heteroatoms. The summed E-state index contributed by atoms with van der Waals surface area (Å²) in [7, 11) is 0. The molecule has 1 atom stereocenters. The highest BCUT2D eigenvalue weighted by Crippen LogP contribution is 2.23. The molecule has 0 saturated heterocycles. The van der Waals surface area contributed by atoms with E-state index < -0.39 is 11.9 Å². The molecule has 0 saturated carbocycles. The first-order valence-corrected chi connectivity index (χ1v) is 6.57. The second kappa shape index (κ2) is 6.39. The molecular formula is C16H15ClO2. The van der Waals surface area contributed by atoms with Crippen molar-refractivity contribution in [1.29, 1.82) is 0 Å². The van der Waals surface area contributed by atoms with E-state index >= 15 is 0 Å². The van der Waals surface area contributed by atoms with Crippen LogP contribution in [0.3, 0.4) is 0 Å². The Kier molecular flexibility index (Phi) is 4.58. The smallest absolute Gasteiger partial charge is 0.310 e. The van der Waals surface area contributed by atoms with Gasteiger partial charge in [-0.15, -0.1) is 0 Å². The lowest BCUT2D eigenvalue weighted by Crippen LogP contribution is -2.12. The Hall–Kier alpha value is -1.80. The zero-order valence-electron chi connectivity index (χ0n) is 10.4. The third-order valence-electron chi connectivity index (χ3n) is 3.13.